The molecule has 2 rings (SSSR count). The topological polar surface area (TPSA) is 70.9 Å². The summed E-state index contributed by atoms with van der Waals surface area (Å²) in [5.41, 5.74) is 0.163. The summed E-state index contributed by atoms with van der Waals surface area (Å²) in [6.45, 7) is 5.73. The van der Waals surface area contributed by atoms with E-state index in [0.29, 0.717) is 16.9 Å². The smallest absolute Gasteiger partial charge is 0.225 e. The lowest BCUT2D eigenvalue weighted by molar-refractivity contribution is 0.116. The number of anilines is 1. The molecule has 5 nitrogen and oxygen atoms in total. The van der Waals surface area contributed by atoms with Gasteiger partial charge in [-0.25, -0.2) is 14.4 Å². The van der Waals surface area contributed by atoms with E-state index in [0.717, 1.165) is 25.5 Å². The molecule has 22 heavy (non-hydrogen) atoms. The molecule has 0 saturated heterocycles. The summed E-state index contributed by atoms with van der Waals surface area (Å²) in [7, 11) is 0. The van der Waals surface area contributed by atoms with Crippen molar-refractivity contribution in [2.24, 2.45) is 0 Å². The van der Waals surface area contributed by atoms with Crippen molar-refractivity contribution in [1.29, 1.82) is 0 Å². The van der Waals surface area contributed by atoms with Gasteiger partial charge in [0.2, 0.25) is 5.28 Å². The van der Waals surface area contributed by atoms with E-state index in [1.54, 1.807) is 6.92 Å². The van der Waals surface area contributed by atoms with E-state index in [1.807, 2.05) is 6.92 Å². The lowest BCUT2D eigenvalue weighted by Crippen LogP contribution is -2.45. The van der Waals surface area contributed by atoms with Gasteiger partial charge in [-0.05, 0) is 31.9 Å². The first-order valence-electron chi connectivity index (χ1n) is 7.31. The van der Waals surface area contributed by atoms with Crippen LogP contribution in [-0.2, 0) is 0 Å². The summed E-state index contributed by atoms with van der Waals surface area (Å²) in [4.78, 5) is 12.2. The van der Waals surface area contributed by atoms with Crippen LogP contribution >= 0.6 is 11.6 Å². The number of aromatic nitrogens is 3. The van der Waals surface area contributed by atoms with Gasteiger partial charge in [-0.2, -0.15) is 4.98 Å². The summed E-state index contributed by atoms with van der Waals surface area (Å²) in [6, 6.07) is 1.26. The second-order valence-corrected chi connectivity index (χ2v) is 6.02. The Morgan fingerprint density at radius 2 is 2.18 bits per heavy atom. The van der Waals surface area contributed by atoms with Gasteiger partial charge in [0.05, 0.1) is 23.4 Å². The van der Waals surface area contributed by atoms with Crippen LogP contribution < -0.4 is 5.32 Å². The van der Waals surface area contributed by atoms with Crippen LogP contribution in [0.15, 0.2) is 12.3 Å². The molecule has 120 valence electrons. The van der Waals surface area contributed by atoms with E-state index >= 15 is 0 Å². The lowest BCUT2D eigenvalue weighted by atomic mass is 9.89. The summed E-state index contributed by atoms with van der Waals surface area (Å²) < 4.78 is 13.3. The standard InChI is InChI=1S/C15H20ClFN4O/c1-4-5-6-15(3,9(2)22)21-13-12-11(19-14(16)20-13)7-10(17)8-18-12/h7-9,22H,4-6H2,1-3H3,(H,19,20,21)/t9?,15-/m1/s1. The van der Waals surface area contributed by atoms with Crippen LogP contribution in [-0.4, -0.2) is 31.7 Å². The fourth-order valence-electron chi connectivity index (χ4n) is 2.24. The number of unbranched alkanes of at least 4 members (excludes halogenated alkanes) is 1. The van der Waals surface area contributed by atoms with Crippen LogP contribution in [0.5, 0.6) is 0 Å². The molecule has 0 bridgehead atoms. The van der Waals surface area contributed by atoms with Crippen LogP contribution in [0.4, 0.5) is 10.2 Å². The molecule has 0 amide bonds. The zero-order chi connectivity index (χ0) is 16.3. The van der Waals surface area contributed by atoms with E-state index in [1.165, 1.54) is 6.07 Å². The molecular weight excluding hydrogens is 307 g/mol. The highest BCUT2D eigenvalue weighted by molar-refractivity contribution is 6.28. The molecule has 0 aliphatic rings. The Hall–Kier alpha value is -1.53. The van der Waals surface area contributed by atoms with Gasteiger partial charge < -0.3 is 10.4 Å². The average Bonchev–Trinajstić information content (AvgIpc) is 2.44. The fraction of sp³-hybridized carbons (Fsp3) is 0.533. The highest BCUT2D eigenvalue weighted by Crippen LogP contribution is 2.28. The first kappa shape index (κ1) is 16.8. The third-order valence-corrected chi connectivity index (χ3v) is 4.02. The Bertz CT molecular complexity index is 662. The van der Waals surface area contributed by atoms with Crippen LogP contribution in [0, 0.1) is 5.82 Å². The number of halogens is 2. The second-order valence-electron chi connectivity index (χ2n) is 5.68. The van der Waals surface area contributed by atoms with Gasteiger partial charge in [0.1, 0.15) is 11.3 Å². The fourth-order valence-corrected chi connectivity index (χ4v) is 2.42. The molecule has 0 fully saturated rings. The quantitative estimate of drug-likeness (QED) is 0.794. The Morgan fingerprint density at radius 3 is 2.82 bits per heavy atom. The van der Waals surface area contributed by atoms with Crippen LogP contribution in [0.3, 0.4) is 0 Å². The minimum atomic E-state index is -0.608. The molecule has 1 unspecified atom stereocenters. The Kier molecular flexibility index (Phi) is 5.13. The summed E-state index contributed by atoms with van der Waals surface area (Å²) in [5.74, 6) is -0.0907. The Balaban J connectivity index is 2.44. The van der Waals surface area contributed by atoms with Crippen molar-refractivity contribution in [2.75, 3.05) is 5.32 Å². The molecule has 2 heterocycles. The molecular formula is C15H20ClFN4O. The maximum atomic E-state index is 13.3. The number of nitrogens with one attached hydrogen (secondary N) is 1. The van der Waals surface area contributed by atoms with Gasteiger partial charge >= 0.3 is 0 Å². The predicted molar refractivity (Wildman–Crippen MR) is 85.5 cm³/mol. The first-order chi connectivity index (χ1) is 10.4. The van der Waals surface area contributed by atoms with Gasteiger partial charge in [-0.1, -0.05) is 19.8 Å². The number of aliphatic hydroxyl groups excluding tert-OH is 1. The normalized spacial score (nSPS) is 15.5. The summed E-state index contributed by atoms with van der Waals surface area (Å²) in [6.07, 6.45) is 3.22. The number of rotatable bonds is 6. The zero-order valence-electron chi connectivity index (χ0n) is 12.9. The Morgan fingerprint density at radius 1 is 1.45 bits per heavy atom. The van der Waals surface area contributed by atoms with Crippen LogP contribution in [0.25, 0.3) is 11.0 Å². The molecule has 7 heteroatoms. The van der Waals surface area contributed by atoms with Gasteiger partial charge in [0.15, 0.2) is 5.82 Å². The van der Waals surface area contributed by atoms with E-state index < -0.39 is 17.5 Å². The Labute approximate surface area is 134 Å². The summed E-state index contributed by atoms with van der Waals surface area (Å²) >= 11 is 5.91. The highest BCUT2D eigenvalue weighted by atomic mass is 35.5. The molecule has 2 N–H and O–H groups in total. The molecule has 0 aliphatic carbocycles. The van der Waals surface area contributed by atoms with E-state index in [2.05, 4.69) is 27.2 Å². The molecule has 2 aromatic heterocycles. The van der Waals surface area contributed by atoms with Gasteiger partial charge in [0, 0.05) is 6.07 Å². The predicted octanol–water partition coefficient (Wildman–Crippen LogP) is 3.56. The maximum absolute atomic E-state index is 13.3. The number of hydrogen-bond acceptors (Lipinski definition) is 5. The first-order valence-corrected chi connectivity index (χ1v) is 7.68. The van der Waals surface area contributed by atoms with Gasteiger partial charge in [0.25, 0.3) is 0 Å². The molecule has 0 spiro atoms. The van der Waals surface area contributed by atoms with E-state index in [-0.39, 0.29) is 5.28 Å². The molecule has 0 radical (unpaired) electrons. The third kappa shape index (κ3) is 3.62. The van der Waals surface area contributed by atoms with Crippen molar-refractivity contribution in [2.45, 2.75) is 51.7 Å². The number of nitrogens with zero attached hydrogens (tertiary/aromatic N) is 3. The average molecular weight is 327 g/mol. The number of hydrogen-bond donors (Lipinski definition) is 2. The number of pyridine rings is 1. The van der Waals surface area contributed by atoms with Gasteiger partial charge in [-0.15, -0.1) is 0 Å². The van der Waals surface area contributed by atoms with Crippen molar-refractivity contribution in [3.8, 4) is 0 Å². The second kappa shape index (κ2) is 6.71. The van der Waals surface area contributed by atoms with Gasteiger partial charge in [-0.3, -0.25) is 0 Å². The molecule has 0 saturated carbocycles. The van der Waals surface area contributed by atoms with Crippen molar-refractivity contribution in [3.63, 3.8) is 0 Å². The lowest BCUT2D eigenvalue weighted by Gasteiger charge is -2.34. The third-order valence-electron chi connectivity index (χ3n) is 3.85. The van der Waals surface area contributed by atoms with E-state index in [9.17, 15) is 9.50 Å². The molecule has 0 aromatic carbocycles. The van der Waals surface area contributed by atoms with Crippen LogP contribution in [0.2, 0.25) is 5.28 Å². The van der Waals surface area contributed by atoms with Crippen LogP contribution in [0.1, 0.15) is 40.0 Å². The molecule has 2 atom stereocenters. The number of aliphatic hydroxyl groups is 1. The van der Waals surface area contributed by atoms with Crippen molar-refractivity contribution < 1.29 is 9.50 Å². The highest BCUT2D eigenvalue weighted by Gasteiger charge is 2.30. The monoisotopic (exact) mass is 326 g/mol. The number of fused-ring (bicyclic) bond motifs is 1. The van der Waals surface area contributed by atoms with Crippen molar-refractivity contribution in [3.05, 3.63) is 23.4 Å². The zero-order valence-corrected chi connectivity index (χ0v) is 13.7. The minimum absolute atomic E-state index is 0.00540. The SMILES string of the molecule is CCCC[C@@](C)(Nc1nc(Cl)nc2cc(F)cnc12)C(C)O. The molecule has 2 aromatic rings. The molecule has 0 aliphatic heterocycles. The van der Waals surface area contributed by atoms with Crippen molar-refractivity contribution in [1.82, 2.24) is 15.0 Å². The minimum Gasteiger partial charge on any atom is -0.391 e. The van der Waals surface area contributed by atoms with E-state index in [4.69, 9.17) is 11.6 Å². The largest absolute Gasteiger partial charge is 0.391 e. The summed E-state index contributed by atoms with van der Waals surface area (Å²) in [5, 5.41) is 13.4. The van der Waals surface area contributed by atoms with Crippen molar-refractivity contribution >= 4 is 28.5 Å². The maximum Gasteiger partial charge on any atom is 0.225 e.